The highest BCUT2D eigenvalue weighted by molar-refractivity contribution is 9.09. The van der Waals surface area contributed by atoms with E-state index >= 15 is 0 Å². The smallest absolute Gasteiger partial charge is 0.0340 e. The van der Waals surface area contributed by atoms with Crippen molar-refractivity contribution in [2.75, 3.05) is 0 Å². The molecule has 36 valence electrons. The largest absolute Gasteiger partial charge is 0.326 e. The third kappa shape index (κ3) is 0.482. The molecule has 1 aliphatic rings. The van der Waals surface area contributed by atoms with Crippen molar-refractivity contribution in [3.8, 4) is 0 Å². The quantitative estimate of drug-likeness (QED) is 0.506. The molecule has 0 aromatic carbocycles. The van der Waals surface area contributed by atoms with E-state index in [0.717, 1.165) is 0 Å². The Morgan fingerprint density at radius 3 is 1.83 bits per heavy atom. The third-order valence-electron chi connectivity index (χ3n) is 1.34. The summed E-state index contributed by atoms with van der Waals surface area (Å²) in [5, 5.41) is 0. The zero-order valence-corrected chi connectivity index (χ0v) is 5.27. The van der Waals surface area contributed by atoms with Crippen molar-refractivity contribution in [2.45, 2.75) is 17.8 Å². The van der Waals surface area contributed by atoms with Gasteiger partial charge in [0.2, 0.25) is 0 Å². The first-order valence-corrected chi connectivity index (χ1v) is 3.04. The van der Waals surface area contributed by atoms with Gasteiger partial charge in [-0.2, -0.15) is 0 Å². The number of rotatable bonds is 0. The molecular formula is C4H8BrN. The Balaban J connectivity index is 2.31. The van der Waals surface area contributed by atoms with Crippen LogP contribution >= 0.6 is 15.9 Å². The highest BCUT2D eigenvalue weighted by Gasteiger charge is 2.41. The Morgan fingerprint density at radius 2 is 1.83 bits per heavy atom. The highest BCUT2D eigenvalue weighted by atomic mass is 79.9. The second-order valence-electron chi connectivity index (χ2n) is 1.88. The van der Waals surface area contributed by atoms with Crippen LogP contribution in [0.3, 0.4) is 0 Å². The van der Waals surface area contributed by atoms with Gasteiger partial charge in [0.25, 0.3) is 0 Å². The summed E-state index contributed by atoms with van der Waals surface area (Å²) in [5.41, 5.74) is 5.46. The van der Waals surface area contributed by atoms with Gasteiger partial charge in [0.1, 0.15) is 0 Å². The van der Waals surface area contributed by atoms with Gasteiger partial charge in [-0.1, -0.05) is 22.9 Å². The molecule has 2 N–H and O–H groups in total. The summed E-state index contributed by atoms with van der Waals surface area (Å²) >= 11 is 3.39. The second-order valence-corrected chi connectivity index (χ2v) is 2.94. The lowest BCUT2D eigenvalue weighted by Gasteiger charge is -1.68. The zero-order chi connectivity index (χ0) is 4.73. The Bertz CT molecular complexity index is 44.3. The molecule has 1 saturated carbocycles. The van der Waals surface area contributed by atoms with E-state index in [-0.39, 0.29) is 0 Å². The SMILES string of the molecule is C[C@H]1[C@@H](N)[C@@H]1Br. The predicted octanol–water partition coefficient (Wildman–Crippen LogP) is 0.727. The van der Waals surface area contributed by atoms with Crippen LogP contribution in [-0.2, 0) is 0 Å². The number of nitrogens with two attached hydrogens (primary N) is 1. The lowest BCUT2D eigenvalue weighted by molar-refractivity contribution is 0.895. The van der Waals surface area contributed by atoms with Crippen LogP contribution in [0.4, 0.5) is 0 Å². The molecule has 0 aliphatic heterocycles. The van der Waals surface area contributed by atoms with Crippen LogP contribution in [0.25, 0.3) is 0 Å². The van der Waals surface area contributed by atoms with Gasteiger partial charge in [0.15, 0.2) is 0 Å². The van der Waals surface area contributed by atoms with Gasteiger partial charge in [0.05, 0.1) is 0 Å². The van der Waals surface area contributed by atoms with Gasteiger partial charge in [-0.3, -0.25) is 0 Å². The molecule has 0 spiro atoms. The second kappa shape index (κ2) is 1.20. The maximum atomic E-state index is 5.46. The molecule has 0 amide bonds. The molecule has 0 radical (unpaired) electrons. The summed E-state index contributed by atoms with van der Waals surface area (Å²) < 4.78 is 0. The van der Waals surface area contributed by atoms with E-state index in [0.29, 0.717) is 16.8 Å². The van der Waals surface area contributed by atoms with Crippen molar-refractivity contribution in [3.05, 3.63) is 0 Å². The molecule has 6 heavy (non-hydrogen) atoms. The highest BCUT2D eigenvalue weighted by Crippen LogP contribution is 2.35. The summed E-state index contributed by atoms with van der Waals surface area (Å²) in [6, 6.07) is 0.435. The van der Waals surface area contributed by atoms with Crippen molar-refractivity contribution in [1.29, 1.82) is 0 Å². The fourth-order valence-electron chi connectivity index (χ4n) is 0.443. The van der Waals surface area contributed by atoms with E-state index in [1.807, 2.05) is 0 Å². The number of alkyl halides is 1. The predicted molar refractivity (Wildman–Crippen MR) is 29.9 cm³/mol. The molecule has 1 aliphatic carbocycles. The summed E-state index contributed by atoms with van der Waals surface area (Å²) in [6.07, 6.45) is 0. The molecule has 0 bridgehead atoms. The van der Waals surface area contributed by atoms with Crippen molar-refractivity contribution in [1.82, 2.24) is 0 Å². The maximum Gasteiger partial charge on any atom is 0.0340 e. The Hall–Kier alpha value is 0.440. The van der Waals surface area contributed by atoms with Crippen molar-refractivity contribution in [3.63, 3.8) is 0 Å². The summed E-state index contributed by atoms with van der Waals surface area (Å²) in [4.78, 5) is 0.609. The van der Waals surface area contributed by atoms with Crippen LogP contribution in [-0.4, -0.2) is 10.9 Å². The zero-order valence-electron chi connectivity index (χ0n) is 3.69. The Labute approximate surface area is 46.0 Å². The van der Waals surface area contributed by atoms with Gasteiger partial charge in [-0.15, -0.1) is 0 Å². The fraction of sp³-hybridized carbons (Fsp3) is 1.00. The average molecular weight is 150 g/mol. The first-order valence-electron chi connectivity index (χ1n) is 2.13. The average Bonchev–Trinajstić information content (AvgIpc) is 1.94. The molecule has 0 unspecified atom stereocenters. The monoisotopic (exact) mass is 149 g/mol. The summed E-state index contributed by atoms with van der Waals surface area (Å²) in [7, 11) is 0. The van der Waals surface area contributed by atoms with Crippen molar-refractivity contribution >= 4 is 15.9 Å². The molecular weight excluding hydrogens is 142 g/mol. The molecule has 0 aromatic heterocycles. The van der Waals surface area contributed by atoms with Gasteiger partial charge in [-0.25, -0.2) is 0 Å². The van der Waals surface area contributed by atoms with E-state index < -0.39 is 0 Å². The first kappa shape index (κ1) is 4.60. The number of hydrogen-bond donors (Lipinski definition) is 1. The maximum absolute atomic E-state index is 5.46. The van der Waals surface area contributed by atoms with Crippen LogP contribution in [0.15, 0.2) is 0 Å². The van der Waals surface area contributed by atoms with Gasteiger partial charge in [0, 0.05) is 10.9 Å². The lowest BCUT2D eigenvalue weighted by atomic mass is 10.5. The van der Waals surface area contributed by atoms with Crippen LogP contribution < -0.4 is 5.73 Å². The van der Waals surface area contributed by atoms with Crippen LogP contribution in [0.1, 0.15) is 6.92 Å². The normalized spacial score (nSPS) is 55.5. The molecule has 3 atom stereocenters. The lowest BCUT2D eigenvalue weighted by Crippen LogP contribution is -2.01. The van der Waals surface area contributed by atoms with E-state index in [2.05, 4.69) is 22.9 Å². The van der Waals surface area contributed by atoms with Gasteiger partial charge in [-0.05, 0) is 5.92 Å². The first-order chi connectivity index (χ1) is 2.73. The summed E-state index contributed by atoms with van der Waals surface area (Å²) in [5.74, 6) is 0.713. The molecule has 1 nitrogen and oxygen atoms in total. The topological polar surface area (TPSA) is 26.0 Å². The molecule has 0 saturated heterocycles. The minimum absolute atomic E-state index is 0.435. The van der Waals surface area contributed by atoms with Crippen LogP contribution in [0.2, 0.25) is 0 Å². The molecule has 1 rings (SSSR count). The van der Waals surface area contributed by atoms with Gasteiger partial charge < -0.3 is 5.73 Å². The Kier molecular flexibility index (Phi) is 0.922. The van der Waals surface area contributed by atoms with E-state index in [9.17, 15) is 0 Å². The minimum atomic E-state index is 0.435. The minimum Gasteiger partial charge on any atom is -0.326 e. The molecule has 0 heterocycles. The van der Waals surface area contributed by atoms with Crippen molar-refractivity contribution in [2.24, 2.45) is 11.7 Å². The molecule has 0 aromatic rings. The van der Waals surface area contributed by atoms with E-state index in [1.54, 1.807) is 0 Å². The number of hydrogen-bond acceptors (Lipinski definition) is 1. The van der Waals surface area contributed by atoms with Crippen molar-refractivity contribution < 1.29 is 0 Å². The third-order valence-corrected chi connectivity index (χ3v) is 2.78. The van der Waals surface area contributed by atoms with Gasteiger partial charge >= 0.3 is 0 Å². The fourth-order valence-corrected chi connectivity index (χ4v) is 1.10. The van der Waals surface area contributed by atoms with E-state index in [1.165, 1.54) is 0 Å². The molecule has 2 heteroatoms. The van der Waals surface area contributed by atoms with Crippen LogP contribution in [0, 0.1) is 5.92 Å². The standard InChI is InChI=1S/C4H8BrN/c1-2-3(5)4(2)6/h2-4H,6H2,1H3/t2-,3-,4-/m1/s1. The molecule has 1 fully saturated rings. The van der Waals surface area contributed by atoms with E-state index in [4.69, 9.17) is 5.73 Å². The van der Waals surface area contributed by atoms with Crippen LogP contribution in [0.5, 0.6) is 0 Å². The summed E-state index contributed by atoms with van der Waals surface area (Å²) in [6.45, 7) is 2.14. The number of halogens is 1. The Morgan fingerprint density at radius 1 is 1.67 bits per heavy atom.